The quantitative estimate of drug-likeness (QED) is 0.913. The molecule has 20 heavy (non-hydrogen) atoms. The molecule has 0 aliphatic carbocycles. The zero-order valence-electron chi connectivity index (χ0n) is 11.7. The van der Waals surface area contributed by atoms with Gasteiger partial charge in [-0.1, -0.05) is 0 Å². The number of carbonyl (C=O) groups excluding carboxylic acids is 1. The standard InChI is InChI=1S/C15H17BrN2O2/c1-10(2)18-9-11(16)8-14(18)15(19)17-12-4-6-13(20-3)7-5-12/h4-10H,1-3H3,(H,17,19). The number of halogens is 1. The minimum atomic E-state index is -0.130. The highest BCUT2D eigenvalue weighted by Gasteiger charge is 2.15. The molecule has 0 unspecified atom stereocenters. The first kappa shape index (κ1) is 14.7. The van der Waals surface area contributed by atoms with E-state index in [0.29, 0.717) is 5.69 Å². The van der Waals surface area contributed by atoms with Crippen molar-refractivity contribution in [2.75, 3.05) is 12.4 Å². The molecule has 0 spiro atoms. The zero-order chi connectivity index (χ0) is 14.7. The Hall–Kier alpha value is -1.75. The van der Waals surface area contributed by atoms with Crippen molar-refractivity contribution in [3.63, 3.8) is 0 Å². The van der Waals surface area contributed by atoms with E-state index in [0.717, 1.165) is 15.9 Å². The molecule has 1 heterocycles. The molecule has 0 saturated heterocycles. The van der Waals surface area contributed by atoms with E-state index < -0.39 is 0 Å². The Morgan fingerprint density at radius 2 is 1.95 bits per heavy atom. The summed E-state index contributed by atoms with van der Waals surface area (Å²) in [7, 11) is 1.61. The molecule has 0 aliphatic rings. The minimum absolute atomic E-state index is 0.130. The average molecular weight is 337 g/mol. The van der Waals surface area contributed by atoms with Crippen molar-refractivity contribution in [3.05, 3.63) is 46.7 Å². The number of hydrogen-bond donors (Lipinski definition) is 1. The van der Waals surface area contributed by atoms with Gasteiger partial charge in [-0.2, -0.15) is 0 Å². The molecule has 4 nitrogen and oxygen atoms in total. The van der Waals surface area contributed by atoms with Gasteiger partial charge in [-0.05, 0) is 60.1 Å². The fraction of sp³-hybridized carbons (Fsp3) is 0.267. The number of methoxy groups -OCH3 is 1. The molecular formula is C15H17BrN2O2. The molecule has 1 aromatic heterocycles. The third kappa shape index (κ3) is 3.22. The van der Waals surface area contributed by atoms with E-state index in [-0.39, 0.29) is 11.9 Å². The van der Waals surface area contributed by atoms with Gasteiger partial charge in [0.25, 0.3) is 5.91 Å². The zero-order valence-corrected chi connectivity index (χ0v) is 13.3. The minimum Gasteiger partial charge on any atom is -0.497 e. The van der Waals surface area contributed by atoms with Crippen molar-refractivity contribution in [1.82, 2.24) is 4.57 Å². The van der Waals surface area contributed by atoms with Crippen LogP contribution in [0.5, 0.6) is 5.75 Å². The molecule has 0 aliphatic heterocycles. The summed E-state index contributed by atoms with van der Waals surface area (Å²) in [5, 5.41) is 2.88. The van der Waals surface area contributed by atoms with Gasteiger partial charge in [-0.15, -0.1) is 0 Å². The number of nitrogens with zero attached hydrogens (tertiary/aromatic N) is 1. The summed E-state index contributed by atoms with van der Waals surface area (Å²) < 4.78 is 7.92. The van der Waals surface area contributed by atoms with Gasteiger partial charge in [0.05, 0.1) is 7.11 Å². The third-order valence-corrected chi connectivity index (χ3v) is 3.39. The van der Waals surface area contributed by atoms with Crippen LogP contribution >= 0.6 is 15.9 Å². The second-order valence-corrected chi connectivity index (χ2v) is 5.64. The molecule has 2 aromatic rings. The lowest BCUT2D eigenvalue weighted by Crippen LogP contribution is -2.17. The van der Waals surface area contributed by atoms with E-state index in [1.165, 1.54) is 0 Å². The highest BCUT2D eigenvalue weighted by atomic mass is 79.9. The van der Waals surface area contributed by atoms with Crippen LogP contribution in [0.4, 0.5) is 5.69 Å². The maximum Gasteiger partial charge on any atom is 0.272 e. The van der Waals surface area contributed by atoms with Crippen LogP contribution in [0.2, 0.25) is 0 Å². The number of benzene rings is 1. The SMILES string of the molecule is COc1ccc(NC(=O)c2cc(Br)cn2C(C)C)cc1. The summed E-state index contributed by atoms with van der Waals surface area (Å²) in [6.07, 6.45) is 1.91. The second kappa shape index (κ2) is 6.13. The first-order chi connectivity index (χ1) is 9.51. The Morgan fingerprint density at radius 3 is 2.50 bits per heavy atom. The molecular weight excluding hydrogens is 320 g/mol. The first-order valence-corrected chi connectivity index (χ1v) is 7.13. The van der Waals surface area contributed by atoms with E-state index >= 15 is 0 Å². The number of anilines is 1. The maximum atomic E-state index is 12.3. The predicted octanol–water partition coefficient (Wildman–Crippen LogP) is 4.09. The van der Waals surface area contributed by atoms with E-state index in [1.807, 2.05) is 54.9 Å². The van der Waals surface area contributed by atoms with Crippen LogP contribution in [0.15, 0.2) is 41.0 Å². The highest BCUT2D eigenvalue weighted by molar-refractivity contribution is 9.10. The van der Waals surface area contributed by atoms with E-state index in [4.69, 9.17) is 4.74 Å². The smallest absolute Gasteiger partial charge is 0.272 e. The molecule has 0 saturated carbocycles. The van der Waals surface area contributed by atoms with Crippen LogP contribution < -0.4 is 10.1 Å². The Labute approximate surface area is 126 Å². The summed E-state index contributed by atoms with van der Waals surface area (Å²) in [5.74, 6) is 0.630. The molecule has 0 fully saturated rings. The van der Waals surface area contributed by atoms with Crippen LogP contribution in [0.25, 0.3) is 0 Å². The predicted molar refractivity (Wildman–Crippen MR) is 83.5 cm³/mol. The van der Waals surface area contributed by atoms with Crippen molar-refractivity contribution in [3.8, 4) is 5.75 Å². The van der Waals surface area contributed by atoms with Gasteiger partial charge in [-0.3, -0.25) is 4.79 Å². The molecule has 1 amide bonds. The van der Waals surface area contributed by atoms with E-state index in [1.54, 1.807) is 7.11 Å². The molecule has 106 valence electrons. The number of rotatable bonds is 4. The lowest BCUT2D eigenvalue weighted by atomic mass is 10.3. The Bertz CT molecular complexity index is 603. The number of amides is 1. The van der Waals surface area contributed by atoms with Crippen LogP contribution in [0, 0.1) is 0 Å². The Balaban J connectivity index is 2.19. The second-order valence-electron chi connectivity index (χ2n) is 4.73. The Kier molecular flexibility index (Phi) is 4.49. The van der Waals surface area contributed by atoms with Crippen molar-refractivity contribution in [2.45, 2.75) is 19.9 Å². The van der Waals surface area contributed by atoms with Gasteiger partial charge in [-0.25, -0.2) is 0 Å². The summed E-state index contributed by atoms with van der Waals surface area (Å²) in [5.41, 5.74) is 1.37. The topological polar surface area (TPSA) is 43.3 Å². The summed E-state index contributed by atoms with van der Waals surface area (Å²) in [6, 6.07) is 9.29. The van der Waals surface area contributed by atoms with Crippen molar-refractivity contribution in [2.24, 2.45) is 0 Å². The maximum absolute atomic E-state index is 12.3. The normalized spacial score (nSPS) is 10.7. The number of nitrogens with one attached hydrogen (secondary N) is 1. The monoisotopic (exact) mass is 336 g/mol. The van der Waals surface area contributed by atoms with Crippen LogP contribution in [-0.4, -0.2) is 17.6 Å². The molecule has 0 atom stereocenters. The number of aromatic nitrogens is 1. The van der Waals surface area contributed by atoms with Crippen LogP contribution in [0.3, 0.4) is 0 Å². The molecule has 0 bridgehead atoms. The largest absolute Gasteiger partial charge is 0.497 e. The lowest BCUT2D eigenvalue weighted by Gasteiger charge is -2.12. The first-order valence-electron chi connectivity index (χ1n) is 6.34. The lowest BCUT2D eigenvalue weighted by molar-refractivity contribution is 0.101. The fourth-order valence-electron chi connectivity index (χ4n) is 1.92. The number of carbonyl (C=O) groups is 1. The van der Waals surface area contributed by atoms with Gasteiger partial charge >= 0.3 is 0 Å². The van der Waals surface area contributed by atoms with Gasteiger partial charge in [0.2, 0.25) is 0 Å². The van der Waals surface area contributed by atoms with Gasteiger partial charge < -0.3 is 14.6 Å². The summed E-state index contributed by atoms with van der Waals surface area (Å²) >= 11 is 3.41. The fourth-order valence-corrected chi connectivity index (χ4v) is 2.36. The summed E-state index contributed by atoms with van der Waals surface area (Å²) in [4.78, 5) is 12.3. The molecule has 2 rings (SSSR count). The van der Waals surface area contributed by atoms with Gasteiger partial charge in [0.15, 0.2) is 0 Å². The van der Waals surface area contributed by atoms with Crippen LogP contribution in [-0.2, 0) is 0 Å². The highest BCUT2D eigenvalue weighted by Crippen LogP contribution is 2.21. The average Bonchev–Trinajstić information content (AvgIpc) is 2.82. The van der Waals surface area contributed by atoms with E-state index in [9.17, 15) is 4.79 Å². The molecule has 0 radical (unpaired) electrons. The molecule has 1 aromatic carbocycles. The van der Waals surface area contributed by atoms with Crippen molar-refractivity contribution < 1.29 is 9.53 Å². The van der Waals surface area contributed by atoms with Crippen LogP contribution in [0.1, 0.15) is 30.4 Å². The van der Waals surface area contributed by atoms with Crippen molar-refractivity contribution >= 4 is 27.5 Å². The van der Waals surface area contributed by atoms with Gasteiger partial charge in [0.1, 0.15) is 11.4 Å². The molecule has 5 heteroatoms. The number of ether oxygens (including phenoxy) is 1. The Morgan fingerprint density at radius 1 is 1.30 bits per heavy atom. The van der Waals surface area contributed by atoms with Crippen molar-refractivity contribution in [1.29, 1.82) is 0 Å². The summed E-state index contributed by atoms with van der Waals surface area (Å²) in [6.45, 7) is 4.08. The number of hydrogen-bond acceptors (Lipinski definition) is 2. The molecule has 1 N–H and O–H groups in total. The van der Waals surface area contributed by atoms with Gasteiger partial charge in [0, 0.05) is 22.4 Å². The van der Waals surface area contributed by atoms with E-state index in [2.05, 4.69) is 21.2 Å². The third-order valence-electron chi connectivity index (χ3n) is 2.95.